The number of aromatic nitrogens is 1. The Balaban J connectivity index is 1.35. The molecule has 1 N–H and O–H groups in total. The zero-order valence-corrected chi connectivity index (χ0v) is 16.3. The van der Waals surface area contributed by atoms with Crippen LogP contribution in [0.2, 0.25) is 0 Å². The molecule has 0 saturated carbocycles. The van der Waals surface area contributed by atoms with E-state index in [-0.39, 0.29) is 17.8 Å². The van der Waals surface area contributed by atoms with E-state index in [9.17, 15) is 22.4 Å². The molecule has 1 fully saturated rings. The van der Waals surface area contributed by atoms with E-state index in [1.54, 1.807) is 0 Å². The van der Waals surface area contributed by atoms with Gasteiger partial charge < -0.3 is 15.0 Å². The van der Waals surface area contributed by atoms with Crippen molar-refractivity contribution in [3.8, 4) is 5.75 Å². The van der Waals surface area contributed by atoms with Crippen molar-refractivity contribution in [1.29, 1.82) is 0 Å². The highest BCUT2D eigenvalue weighted by molar-refractivity contribution is 5.76. The molecule has 1 aromatic heterocycles. The van der Waals surface area contributed by atoms with Crippen LogP contribution in [-0.2, 0) is 11.0 Å². The topological polar surface area (TPSA) is 54.5 Å². The second-order valence-electron chi connectivity index (χ2n) is 7.14. The summed E-state index contributed by atoms with van der Waals surface area (Å²) in [6.07, 6.45) is -1.30. The lowest BCUT2D eigenvalue weighted by molar-refractivity contribution is -0.137. The molecule has 0 radical (unpaired) electrons. The average Bonchev–Trinajstić information content (AvgIpc) is 2.72. The molecule has 2 heterocycles. The van der Waals surface area contributed by atoms with Crippen molar-refractivity contribution in [2.45, 2.75) is 37.9 Å². The van der Waals surface area contributed by atoms with Gasteiger partial charge in [0, 0.05) is 31.7 Å². The number of rotatable bonds is 7. The van der Waals surface area contributed by atoms with Crippen LogP contribution in [0.5, 0.6) is 5.75 Å². The van der Waals surface area contributed by atoms with Gasteiger partial charge in [-0.1, -0.05) is 0 Å². The summed E-state index contributed by atoms with van der Waals surface area (Å²) >= 11 is 0. The standard InChI is InChI=1S/C21H23F4N3O2/c22-16-4-6-18(7-5-16)30-13-1-2-20(29)27-17-9-11-28(12-10-17)19-8-3-15(14-26-19)21(23,24)25/h3-8,14,17H,1-2,9-13H2,(H,27,29). The van der Waals surface area contributed by atoms with Crippen LogP contribution in [-0.4, -0.2) is 36.6 Å². The van der Waals surface area contributed by atoms with Crippen molar-refractivity contribution in [2.24, 2.45) is 0 Å². The molecule has 0 unspecified atom stereocenters. The predicted molar refractivity (Wildman–Crippen MR) is 104 cm³/mol. The first-order valence-corrected chi connectivity index (χ1v) is 9.77. The zero-order chi connectivity index (χ0) is 21.6. The number of hydrogen-bond donors (Lipinski definition) is 1. The van der Waals surface area contributed by atoms with Crippen LogP contribution in [0.4, 0.5) is 23.4 Å². The van der Waals surface area contributed by atoms with Gasteiger partial charge in [0.1, 0.15) is 17.4 Å². The van der Waals surface area contributed by atoms with Gasteiger partial charge in [-0.25, -0.2) is 9.37 Å². The summed E-state index contributed by atoms with van der Waals surface area (Å²) in [4.78, 5) is 17.9. The maximum Gasteiger partial charge on any atom is 0.417 e. The molecule has 1 amide bonds. The molecule has 0 atom stereocenters. The lowest BCUT2D eigenvalue weighted by atomic mass is 10.0. The first kappa shape index (κ1) is 21.9. The molecule has 162 valence electrons. The minimum atomic E-state index is -4.40. The Morgan fingerprint density at radius 2 is 1.83 bits per heavy atom. The highest BCUT2D eigenvalue weighted by Crippen LogP contribution is 2.29. The van der Waals surface area contributed by atoms with Gasteiger partial charge in [-0.2, -0.15) is 13.2 Å². The van der Waals surface area contributed by atoms with Gasteiger partial charge >= 0.3 is 6.18 Å². The molecule has 30 heavy (non-hydrogen) atoms. The number of halogens is 4. The molecule has 0 aliphatic carbocycles. The fourth-order valence-corrected chi connectivity index (χ4v) is 3.25. The third-order valence-corrected chi connectivity index (χ3v) is 4.89. The molecular weight excluding hydrogens is 402 g/mol. The Morgan fingerprint density at radius 1 is 1.13 bits per heavy atom. The largest absolute Gasteiger partial charge is 0.494 e. The SMILES string of the molecule is O=C(CCCOc1ccc(F)cc1)NC1CCN(c2ccc(C(F)(F)F)cn2)CC1. The third kappa shape index (κ3) is 6.33. The second-order valence-corrected chi connectivity index (χ2v) is 7.14. The Bertz CT molecular complexity index is 818. The quantitative estimate of drug-likeness (QED) is 0.534. The van der Waals surface area contributed by atoms with Crippen molar-refractivity contribution in [1.82, 2.24) is 10.3 Å². The number of ether oxygens (including phenoxy) is 1. The Labute approximate surface area is 172 Å². The number of alkyl halides is 3. The van der Waals surface area contributed by atoms with Gasteiger partial charge in [-0.15, -0.1) is 0 Å². The number of amides is 1. The van der Waals surface area contributed by atoms with Gasteiger partial charge in [-0.3, -0.25) is 4.79 Å². The van der Waals surface area contributed by atoms with Crippen molar-refractivity contribution < 1.29 is 27.1 Å². The summed E-state index contributed by atoms with van der Waals surface area (Å²) in [5.74, 6) is 0.664. The van der Waals surface area contributed by atoms with Crippen LogP contribution in [0.3, 0.4) is 0 Å². The summed E-state index contributed by atoms with van der Waals surface area (Å²) in [6.45, 7) is 1.57. The Morgan fingerprint density at radius 3 is 2.43 bits per heavy atom. The van der Waals surface area contributed by atoms with Crippen molar-refractivity contribution in [3.05, 3.63) is 54.0 Å². The Hall–Kier alpha value is -2.84. The zero-order valence-electron chi connectivity index (χ0n) is 16.3. The molecule has 9 heteroatoms. The van der Waals surface area contributed by atoms with E-state index in [2.05, 4.69) is 10.3 Å². The van der Waals surface area contributed by atoms with Crippen LogP contribution < -0.4 is 15.0 Å². The number of piperidine rings is 1. The van der Waals surface area contributed by atoms with Gasteiger partial charge in [0.05, 0.1) is 12.2 Å². The summed E-state index contributed by atoms with van der Waals surface area (Å²) in [5, 5.41) is 2.99. The third-order valence-electron chi connectivity index (χ3n) is 4.89. The van der Waals surface area contributed by atoms with Gasteiger partial charge in [0.25, 0.3) is 0 Å². The number of benzene rings is 1. The maximum atomic E-state index is 12.8. The van der Waals surface area contributed by atoms with Crippen LogP contribution >= 0.6 is 0 Å². The summed E-state index contributed by atoms with van der Waals surface area (Å²) in [6, 6.07) is 8.14. The number of carbonyl (C=O) groups is 1. The predicted octanol–water partition coefficient (Wildman–Crippen LogP) is 4.18. The number of hydrogen-bond acceptors (Lipinski definition) is 4. The molecule has 1 aromatic carbocycles. The van der Waals surface area contributed by atoms with Crippen LogP contribution in [0.25, 0.3) is 0 Å². The number of nitrogens with one attached hydrogen (secondary N) is 1. The van der Waals surface area contributed by atoms with Gasteiger partial charge in [0.15, 0.2) is 0 Å². The Kier molecular flexibility index (Phi) is 7.12. The van der Waals surface area contributed by atoms with E-state index in [1.165, 1.54) is 30.3 Å². The lowest BCUT2D eigenvalue weighted by Crippen LogP contribution is -2.45. The van der Waals surface area contributed by atoms with E-state index in [1.807, 2.05) is 4.90 Å². The molecule has 2 aromatic rings. The first-order chi connectivity index (χ1) is 14.3. The molecule has 1 saturated heterocycles. The van der Waals surface area contributed by atoms with E-state index in [0.29, 0.717) is 56.9 Å². The molecule has 5 nitrogen and oxygen atoms in total. The van der Waals surface area contributed by atoms with Crippen LogP contribution in [0.1, 0.15) is 31.2 Å². The number of pyridine rings is 1. The summed E-state index contributed by atoms with van der Waals surface area (Å²) in [7, 11) is 0. The van der Waals surface area contributed by atoms with Crippen molar-refractivity contribution in [2.75, 3.05) is 24.6 Å². The highest BCUT2D eigenvalue weighted by Gasteiger charge is 2.31. The van der Waals surface area contributed by atoms with E-state index < -0.39 is 11.7 Å². The molecule has 1 aliphatic rings. The number of carbonyl (C=O) groups excluding carboxylic acids is 1. The minimum Gasteiger partial charge on any atom is -0.494 e. The van der Waals surface area contributed by atoms with Crippen LogP contribution in [0, 0.1) is 5.82 Å². The summed E-state index contributed by atoms with van der Waals surface area (Å²) < 4.78 is 56.2. The molecule has 0 bridgehead atoms. The fourth-order valence-electron chi connectivity index (χ4n) is 3.25. The maximum absolute atomic E-state index is 12.8. The number of anilines is 1. The molecule has 3 rings (SSSR count). The monoisotopic (exact) mass is 425 g/mol. The van der Waals surface area contributed by atoms with E-state index in [4.69, 9.17) is 4.74 Å². The fraction of sp³-hybridized carbons (Fsp3) is 0.429. The molecule has 0 spiro atoms. The van der Waals surface area contributed by atoms with Gasteiger partial charge in [0.2, 0.25) is 5.91 Å². The smallest absolute Gasteiger partial charge is 0.417 e. The van der Waals surface area contributed by atoms with E-state index >= 15 is 0 Å². The van der Waals surface area contributed by atoms with E-state index in [0.717, 1.165) is 12.3 Å². The summed E-state index contributed by atoms with van der Waals surface area (Å²) in [5.41, 5.74) is -0.767. The van der Waals surface area contributed by atoms with Crippen molar-refractivity contribution in [3.63, 3.8) is 0 Å². The molecular formula is C21H23F4N3O2. The molecule has 1 aliphatic heterocycles. The lowest BCUT2D eigenvalue weighted by Gasteiger charge is -2.33. The minimum absolute atomic E-state index is 0.0289. The number of nitrogens with zero attached hydrogens (tertiary/aromatic N) is 2. The van der Waals surface area contributed by atoms with Gasteiger partial charge in [-0.05, 0) is 55.7 Å². The normalized spacial score (nSPS) is 15.1. The second kappa shape index (κ2) is 9.77. The highest BCUT2D eigenvalue weighted by atomic mass is 19.4. The average molecular weight is 425 g/mol. The first-order valence-electron chi connectivity index (χ1n) is 9.77. The van der Waals surface area contributed by atoms with Crippen molar-refractivity contribution >= 4 is 11.7 Å². The van der Waals surface area contributed by atoms with Crippen LogP contribution in [0.15, 0.2) is 42.6 Å².